The molecule has 2 aliphatic rings. The molecule has 4 heteroatoms. The summed E-state index contributed by atoms with van der Waals surface area (Å²) in [4.78, 5) is 14.9. The number of hydrogen-bond acceptors (Lipinski definition) is 3. The summed E-state index contributed by atoms with van der Waals surface area (Å²) in [6.07, 6.45) is 5.92. The lowest BCUT2D eigenvalue weighted by atomic mass is 9.99. The van der Waals surface area contributed by atoms with Crippen LogP contribution >= 0.6 is 11.3 Å². The van der Waals surface area contributed by atoms with Gasteiger partial charge in [0, 0.05) is 16.3 Å². The van der Waals surface area contributed by atoms with Gasteiger partial charge in [0.05, 0.1) is 12.5 Å². The van der Waals surface area contributed by atoms with Crippen LogP contribution in [0.15, 0.2) is 6.07 Å². The lowest BCUT2D eigenvalue weighted by molar-refractivity contribution is -0.125. The minimum atomic E-state index is 0.172. The second-order valence-electron chi connectivity index (χ2n) is 5.28. The van der Waals surface area contributed by atoms with Crippen LogP contribution in [0.25, 0.3) is 0 Å². The fourth-order valence-electron chi connectivity index (χ4n) is 2.87. The van der Waals surface area contributed by atoms with Gasteiger partial charge in [0.1, 0.15) is 0 Å². The number of hydrogen-bond donors (Lipinski definition) is 2. The number of carbonyl (C=O) groups excluding carboxylic acids is 1. The van der Waals surface area contributed by atoms with Crippen LogP contribution in [0.3, 0.4) is 0 Å². The Morgan fingerprint density at radius 1 is 1.44 bits per heavy atom. The summed E-state index contributed by atoms with van der Waals surface area (Å²) >= 11 is 1.88. The Morgan fingerprint density at radius 2 is 2.39 bits per heavy atom. The molecule has 1 amide bonds. The van der Waals surface area contributed by atoms with Crippen molar-refractivity contribution in [1.29, 1.82) is 0 Å². The van der Waals surface area contributed by atoms with Crippen molar-refractivity contribution >= 4 is 17.2 Å². The summed E-state index contributed by atoms with van der Waals surface area (Å²) in [7, 11) is 0. The number of nitrogens with one attached hydrogen (secondary N) is 2. The zero-order chi connectivity index (χ0) is 12.4. The summed E-state index contributed by atoms with van der Waals surface area (Å²) in [5, 5.41) is 6.38. The molecule has 1 saturated heterocycles. The first kappa shape index (κ1) is 12.2. The molecule has 0 radical (unpaired) electrons. The van der Waals surface area contributed by atoms with Crippen molar-refractivity contribution in [2.24, 2.45) is 5.92 Å². The van der Waals surface area contributed by atoms with Gasteiger partial charge in [-0.1, -0.05) is 0 Å². The van der Waals surface area contributed by atoms with Gasteiger partial charge in [0.15, 0.2) is 0 Å². The smallest absolute Gasteiger partial charge is 0.224 e. The van der Waals surface area contributed by atoms with Crippen molar-refractivity contribution < 1.29 is 4.79 Å². The van der Waals surface area contributed by atoms with Gasteiger partial charge < -0.3 is 10.6 Å². The third kappa shape index (κ3) is 2.59. The largest absolute Gasteiger partial charge is 0.351 e. The van der Waals surface area contributed by atoms with E-state index in [4.69, 9.17) is 0 Å². The first-order chi connectivity index (χ1) is 8.83. The summed E-state index contributed by atoms with van der Waals surface area (Å²) in [5.41, 5.74) is 1.52. The number of fused-ring (bicyclic) bond motifs is 1. The summed E-state index contributed by atoms with van der Waals surface area (Å²) in [6.45, 7) is 2.61. The molecule has 1 aromatic rings. The quantitative estimate of drug-likeness (QED) is 0.875. The van der Waals surface area contributed by atoms with Crippen LogP contribution in [0.1, 0.15) is 34.6 Å². The van der Waals surface area contributed by atoms with Gasteiger partial charge in [-0.3, -0.25) is 4.79 Å². The first-order valence-electron chi connectivity index (χ1n) is 6.92. The maximum absolute atomic E-state index is 12.0. The summed E-state index contributed by atoms with van der Waals surface area (Å²) < 4.78 is 0. The van der Waals surface area contributed by atoms with Crippen LogP contribution in [-0.4, -0.2) is 19.0 Å². The Labute approximate surface area is 112 Å². The molecule has 1 aliphatic carbocycles. The third-order valence-corrected chi connectivity index (χ3v) is 5.14. The Kier molecular flexibility index (Phi) is 3.66. The van der Waals surface area contributed by atoms with Crippen molar-refractivity contribution in [3.63, 3.8) is 0 Å². The highest BCUT2D eigenvalue weighted by molar-refractivity contribution is 7.12. The molecule has 2 heterocycles. The highest BCUT2D eigenvalue weighted by Crippen LogP contribution is 2.30. The van der Waals surface area contributed by atoms with E-state index in [2.05, 4.69) is 16.7 Å². The molecule has 1 aromatic heterocycles. The van der Waals surface area contributed by atoms with Crippen LogP contribution in [0.4, 0.5) is 0 Å². The molecular formula is C14H20N2OS. The fraction of sp³-hybridized carbons (Fsp3) is 0.643. The predicted molar refractivity (Wildman–Crippen MR) is 73.8 cm³/mol. The van der Waals surface area contributed by atoms with Gasteiger partial charge in [-0.15, -0.1) is 11.3 Å². The lowest BCUT2D eigenvalue weighted by Gasteiger charge is -2.21. The molecule has 1 atom stereocenters. The second-order valence-corrected chi connectivity index (χ2v) is 6.50. The third-order valence-electron chi connectivity index (χ3n) is 3.90. The van der Waals surface area contributed by atoms with Crippen molar-refractivity contribution in [2.75, 3.05) is 13.1 Å². The van der Waals surface area contributed by atoms with E-state index in [-0.39, 0.29) is 11.8 Å². The molecule has 0 spiro atoms. The second kappa shape index (κ2) is 5.41. The molecule has 0 unspecified atom stereocenters. The average Bonchev–Trinajstić information content (AvgIpc) is 2.97. The Hall–Kier alpha value is -0.870. The van der Waals surface area contributed by atoms with Gasteiger partial charge in [-0.2, -0.15) is 0 Å². The van der Waals surface area contributed by atoms with Crippen LogP contribution in [0.2, 0.25) is 0 Å². The molecule has 0 saturated carbocycles. The van der Waals surface area contributed by atoms with Crippen LogP contribution in [0, 0.1) is 5.92 Å². The minimum absolute atomic E-state index is 0.172. The van der Waals surface area contributed by atoms with Gasteiger partial charge in [0.2, 0.25) is 5.91 Å². The number of aryl methyl sites for hydroxylation is 2. The Balaban J connectivity index is 1.52. The number of amides is 1. The monoisotopic (exact) mass is 264 g/mol. The van der Waals surface area contributed by atoms with E-state index in [9.17, 15) is 4.79 Å². The topological polar surface area (TPSA) is 41.1 Å². The van der Waals surface area contributed by atoms with E-state index in [0.29, 0.717) is 6.54 Å². The Morgan fingerprint density at radius 3 is 3.17 bits per heavy atom. The molecule has 18 heavy (non-hydrogen) atoms. The highest BCUT2D eigenvalue weighted by atomic mass is 32.1. The normalized spacial score (nSPS) is 22.8. The van der Waals surface area contributed by atoms with E-state index in [1.807, 2.05) is 11.3 Å². The van der Waals surface area contributed by atoms with Crippen molar-refractivity contribution in [1.82, 2.24) is 10.6 Å². The van der Waals surface area contributed by atoms with Crippen LogP contribution in [-0.2, 0) is 24.2 Å². The summed E-state index contributed by atoms with van der Waals surface area (Å²) in [6, 6.07) is 2.28. The number of rotatable bonds is 3. The molecule has 98 valence electrons. The maximum Gasteiger partial charge on any atom is 0.224 e. The van der Waals surface area contributed by atoms with Gasteiger partial charge in [-0.05, 0) is 50.3 Å². The number of piperidine rings is 1. The first-order valence-corrected chi connectivity index (χ1v) is 7.73. The molecule has 1 fully saturated rings. The van der Waals surface area contributed by atoms with E-state index < -0.39 is 0 Å². The number of thiophene rings is 1. The van der Waals surface area contributed by atoms with Crippen LogP contribution in [0.5, 0.6) is 0 Å². The van der Waals surface area contributed by atoms with E-state index in [1.165, 1.54) is 29.7 Å². The molecule has 2 N–H and O–H groups in total. The van der Waals surface area contributed by atoms with E-state index >= 15 is 0 Å². The highest BCUT2D eigenvalue weighted by Gasteiger charge is 2.21. The lowest BCUT2D eigenvalue weighted by Crippen LogP contribution is -2.40. The van der Waals surface area contributed by atoms with Crippen LogP contribution < -0.4 is 10.6 Å². The molecule has 3 nitrogen and oxygen atoms in total. The molecular weight excluding hydrogens is 244 g/mol. The molecule has 0 bridgehead atoms. The SMILES string of the molecule is O=C(NCc1cc2c(s1)CCC2)[C@@H]1CCCNC1. The minimum Gasteiger partial charge on any atom is -0.351 e. The van der Waals surface area contributed by atoms with Crippen molar-refractivity contribution in [2.45, 2.75) is 38.6 Å². The number of carbonyl (C=O) groups is 1. The van der Waals surface area contributed by atoms with Gasteiger partial charge >= 0.3 is 0 Å². The van der Waals surface area contributed by atoms with Crippen molar-refractivity contribution in [3.05, 3.63) is 21.4 Å². The summed E-state index contributed by atoms with van der Waals surface area (Å²) in [5.74, 6) is 0.390. The zero-order valence-corrected chi connectivity index (χ0v) is 11.4. The fourth-order valence-corrected chi connectivity index (χ4v) is 4.07. The van der Waals surface area contributed by atoms with Crippen molar-refractivity contribution in [3.8, 4) is 0 Å². The Bertz CT molecular complexity index is 414. The standard InChI is InChI=1S/C14H20N2OS/c17-14(11-4-2-6-15-8-11)16-9-12-7-10-3-1-5-13(10)18-12/h7,11,15H,1-6,8-9H2,(H,16,17)/t11-/m1/s1. The molecule has 0 aromatic carbocycles. The molecule has 3 rings (SSSR count). The van der Waals surface area contributed by atoms with E-state index in [1.54, 1.807) is 4.88 Å². The maximum atomic E-state index is 12.0. The average molecular weight is 264 g/mol. The predicted octanol–water partition coefficient (Wildman–Crippen LogP) is 1.85. The molecule has 1 aliphatic heterocycles. The van der Waals surface area contributed by atoms with Gasteiger partial charge in [-0.25, -0.2) is 0 Å². The van der Waals surface area contributed by atoms with E-state index in [0.717, 1.165) is 25.9 Å². The van der Waals surface area contributed by atoms with Gasteiger partial charge in [0.25, 0.3) is 0 Å². The zero-order valence-electron chi connectivity index (χ0n) is 10.6.